The molecule has 1 fully saturated rings. The third-order valence-corrected chi connectivity index (χ3v) is 11.3. The summed E-state index contributed by atoms with van der Waals surface area (Å²) < 4.78 is 12.0. The Labute approximate surface area is 311 Å². The molecule has 0 aromatic heterocycles. The van der Waals surface area contributed by atoms with E-state index in [0.717, 1.165) is 55.3 Å². The third kappa shape index (κ3) is 8.38. The van der Waals surface area contributed by atoms with Gasteiger partial charge in [0.2, 0.25) is 5.75 Å². The van der Waals surface area contributed by atoms with Crippen LogP contribution in [0.15, 0.2) is 97.1 Å². The Morgan fingerprint density at radius 3 is 2.34 bits per heavy atom. The molecule has 9 nitrogen and oxygen atoms in total. The maximum Gasteiger partial charge on any atom is 0.200 e. The van der Waals surface area contributed by atoms with Crippen LogP contribution in [0.2, 0.25) is 0 Å². The van der Waals surface area contributed by atoms with Gasteiger partial charge in [-0.15, -0.1) is 0 Å². The Morgan fingerprint density at radius 2 is 1.60 bits per heavy atom. The Hall–Kier alpha value is -4.83. The SMILES string of the molecule is NCOc1cc(CCC(=O)C[C@H](O)[C@@H]2C=C[C@H]3C[C@H](Cc4ccccc4)[C@@H]2c2cc(O)c(O)c(O[C@@H]4CCN[C@H](Cc5ccccc5)C4)c23)ccc1O. The quantitative estimate of drug-likeness (QED) is 0.0493. The van der Waals surface area contributed by atoms with Crippen molar-refractivity contribution in [2.75, 3.05) is 13.3 Å². The van der Waals surface area contributed by atoms with Gasteiger partial charge in [0.25, 0.3) is 0 Å². The minimum absolute atomic E-state index is 0.0165. The normalized spacial score (nSPS) is 23.9. The van der Waals surface area contributed by atoms with Crippen LogP contribution < -0.4 is 20.5 Å². The van der Waals surface area contributed by atoms with Crippen LogP contribution in [0.3, 0.4) is 0 Å². The van der Waals surface area contributed by atoms with Gasteiger partial charge in [0.1, 0.15) is 18.6 Å². The van der Waals surface area contributed by atoms with Crippen molar-refractivity contribution in [3.05, 3.63) is 125 Å². The number of hydrogen-bond acceptors (Lipinski definition) is 9. The van der Waals surface area contributed by atoms with E-state index in [4.69, 9.17) is 15.2 Å². The summed E-state index contributed by atoms with van der Waals surface area (Å²) >= 11 is 0. The summed E-state index contributed by atoms with van der Waals surface area (Å²) in [6, 6.07) is 27.5. The van der Waals surface area contributed by atoms with Crippen LogP contribution in [0.1, 0.15) is 71.8 Å². The molecule has 4 aromatic carbocycles. The number of nitrogens with two attached hydrogens (primary N) is 1. The van der Waals surface area contributed by atoms with Crippen molar-refractivity contribution >= 4 is 5.78 Å². The number of piperidine rings is 1. The molecule has 278 valence electrons. The summed E-state index contributed by atoms with van der Waals surface area (Å²) in [5.41, 5.74) is 10.5. The Morgan fingerprint density at radius 1 is 0.868 bits per heavy atom. The monoisotopic (exact) mass is 718 g/mol. The van der Waals surface area contributed by atoms with Gasteiger partial charge >= 0.3 is 0 Å². The van der Waals surface area contributed by atoms with Gasteiger partial charge in [-0.3, -0.25) is 10.5 Å². The molecule has 7 atom stereocenters. The number of nitrogens with one attached hydrogen (secondary N) is 1. The fourth-order valence-corrected chi connectivity index (χ4v) is 8.83. The highest BCUT2D eigenvalue weighted by atomic mass is 16.5. The molecule has 4 aliphatic rings. The van der Waals surface area contributed by atoms with Gasteiger partial charge in [0.15, 0.2) is 23.0 Å². The molecular weight excluding hydrogens is 668 g/mol. The van der Waals surface area contributed by atoms with E-state index in [1.165, 1.54) is 17.2 Å². The number of ketones is 1. The number of allylic oxidation sites excluding steroid dienone is 1. The lowest BCUT2D eigenvalue weighted by molar-refractivity contribution is -0.121. The van der Waals surface area contributed by atoms with Crippen LogP contribution in [-0.2, 0) is 24.1 Å². The minimum atomic E-state index is -0.967. The lowest BCUT2D eigenvalue weighted by Gasteiger charge is -2.41. The van der Waals surface area contributed by atoms with Crippen molar-refractivity contribution in [2.24, 2.45) is 17.6 Å². The molecule has 1 heterocycles. The highest BCUT2D eigenvalue weighted by Crippen LogP contribution is 2.58. The van der Waals surface area contributed by atoms with Crippen molar-refractivity contribution in [1.29, 1.82) is 0 Å². The molecule has 0 amide bonds. The number of Topliss-reactive ketones (excluding diaryl/α,β-unsaturated/α-hetero) is 1. The number of aliphatic hydroxyl groups excluding tert-OH is 1. The first kappa shape index (κ1) is 36.5. The molecule has 0 radical (unpaired) electrons. The smallest absolute Gasteiger partial charge is 0.200 e. The van der Waals surface area contributed by atoms with Gasteiger partial charge in [-0.2, -0.15) is 0 Å². The summed E-state index contributed by atoms with van der Waals surface area (Å²) in [6.45, 7) is 0.707. The third-order valence-electron chi connectivity index (χ3n) is 11.3. The van der Waals surface area contributed by atoms with Crippen LogP contribution >= 0.6 is 0 Å². The second kappa shape index (κ2) is 16.5. The summed E-state index contributed by atoms with van der Waals surface area (Å²) in [7, 11) is 0. The molecule has 4 aromatic rings. The van der Waals surface area contributed by atoms with Gasteiger partial charge in [-0.05, 0) is 97.4 Å². The fraction of sp³-hybridized carbons (Fsp3) is 0.386. The predicted octanol–water partition coefficient (Wildman–Crippen LogP) is 6.41. The van der Waals surface area contributed by atoms with Gasteiger partial charge < -0.3 is 35.2 Å². The minimum Gasteiger partial charge on any atom is -0.504 e. The molecule has 7 N–H and O–H groups in total. The molecule has 0 saturated carbocycles. The maximum atomic E-state index is 13.4. The first-order chi connectivity index (χ1) is 25.8. The van der Waals surface area contributed by atoms with Crippen LogP contribution in [0, 0.1) is 11.8 Å². The zero-order valence-electron chi connectivity index (χ0n) is 29.9. The van der Waals surface area contributed by atoms with Crippen molar-refractivity contribution in [2.45, 2.75) is 81.5 Å². The van der Waals surface area contributed by atoms with Gasteiger partial charge in [-0.25, -0.2) is 0 Å². The number of benzene rings is 4. The number of phenols is 3. The maximum absolute atomic E-state index is 13.4. The lowest BCUT2D eigenvalue weighted by Crippen LogP contribution is -2.43. The number of fused-ring (bicyclic) bond motifs is 2. The number of aromatic hydroxyl groups is 3. The van der Waals surface area contributed by atoms with Crippen molar-refractivity contribution in [3.8, 4) is 28.7 Å². The number of ether oxygens (including phenoxy) is 2. The molecule has 53 heavy (non-hydrogen) atoms. The van der Waals surface area contributed by atoms with Crippen molar-refractivity contribution < 1.29 is 34.7 Å². The van der Waals surface area contributed by atoms with E-state index >= 15 is 0 Å². The number of aryl methyl sites for hydroxylation is 1. The number of hydrogen-bond donors (Lipinski definition) is 6. The van der Waals surface area contributed by atoms with E-state index < -0.39 is 12.0 Å². The molecule has 2 bridgehead atoms. The zero-order chi connectivity index (χ0) is 36.9. The second-order valence-corrected chi connectivity index (χ2v) is 14.9. The summed E-state index contributed by atoms with van der Waals surface area (Å²) in [6.07, 6.45) is 7.59. The van der Waals surface area contributed by atoms with E-state index in [1.54, 1.807) is 18.2 Å². The lowest BCUT2D eigenvalue weighted by atomic mass is 9.65. The average Bonchev–Trinajstić information content (AvgIpc) is 3.43. The van der Waals surface area contributed by atoms with Crippen molar-refractivity contribution in [1.82, 2.24) is 5.32 Å². The topological polar surface area (TPSA) is 154 Å². The van der Waals surface area contributed by atoms with Crippen molar-refractivity contribution in [3.63, 3.8) is 0 Å². The molecule has 1 aliphatic heterocycles. The Balaban J connectivity index is 1.14. The summed E-state index contributed by atoms with van der Waals surface area (Å²) in [5, 5.41) is 48.1. The standard InChI is InChI=1S/C44H50N2O7/c45-26-52-40-21-29(12-16-37(40)48)11-14-33(47)24-38(49)35-15-13-30-22-31(19-27-7-3-1-4-8-27)41(35)36-25-39(50)43(51)44(42(30)36)53-34-17-18-46-32(23-34)20-28-9-5-2-6-10-28/h1-10,12-13,15-16,21,25,30-32,34-35,38,41,46,48-51H,11,14,17-20,22-24,26,45H2/t30-,31-,32+,34+,35-,38-,41-/m0/s1. The highest BCUT2D eigenvalue weighted by Gasteiger charge is 2.45. The van der Waals surface area contributed by atoms with Gasteiger partial charge in [0.05, 0.1) is 6.10 Å². The van der Waals surface area contributed by atoms with E-state index in [9.17, 15) is 25.2 Å². The fourth-order valence-electron chi connectivity index (χ4n) is 8.83. The number of carbonyl (C=O) groups is 1. The molecule has 0 unspecified atom stereocenters. The predicted molar refractivity (Wildman–Crippen MR) is 203 cm³/mol. The molecule has 3 aliphatic carbocycles. The van der Waals surface area contributed by atoms with E-state index in [0.29, 0.717) is 12.2 Å². The van der Waals surface area contributed by atoms with Gasteiger partial charge in [0, 0.05) is 36.3 Å². The molecular formula is C44H50N2O7. The molecule has 8 rings (SSSR count). The number of rotatable bonds is 14. The van der Waals surface area contributed by atoms with E-state index in [-0.39, 0.29) is 78.3 Å². The van der Waals surface area contributed by atoms with Crippen LogP contribution in [-0.4, -0.2) is 57.7 Å². The summed E-state index contributed by atoms with van der Waals surface area (Å²) in [5.74, 6) is -0.614. The van der Waals surface area contributed by atoms with E-state index in [1.807, 2.05) is 42.5 Å². The van der Waals surface area contributed by atoms with Crippen LogP contribution in [0.25, 0.3) is 0 Å². The largest absolute Gasteiger partial charge is 0.504 e. The van der Waals surface area contributed by atoms with Crippen LogP contribution in [0.5, 0.6) is 28.7 Å². The molecule has 9 heteroatoms. The average molecular weight is 719 g/mol. The van der Waals surface area contributed by atoms with Gasteiger partial charge in [-0.1, -0.05) is 78.9 Å². The first-order valence-electron chi connectivity index (χ1n) is 18.9. The number of aliphatic hydroxyl groups is 1. The zero-order valence-corrected chi connectivity index (χ0v) is 29.9. The first-order valence-corrected chi connectivity index (χ1v) is 18.9. The number of carbonyl (C=O) groups excluding carboxylic acids is 1. The highest BCUT2D eigenvalue weighted by molar-refractivity contribution is 5.79. The Bertz CT molecular complexity index is 1900. The Kier molecular flexibility index (Phi) is 11.3. The molecule has 0 spiro atoms. The number of phenolic OH excluding ortho intramolecular Hbond substituents is 3. The van der Waals surface area contributed by atoms with Crippen LogP contribution in [0.4, 0.5) is 0 Å². The van der Waals surface area contributed by atoms with E-state index in [2.05, 4.69) is 35.7 Å². The molecule has 1 saturated heterocycles. The second-order valence-electron chi connectivity index (χ2n) is 14.9. The summed E-state index contributed by atoms with van der Waals surface area (Å²) in [4.78, 5) is 13.4.